The number of rotatable bonds is 4. The number of benzene rings is 1. The molecule has 0 bridgehead atoms. The zero-order valence-corrected chi connectivity index (χ0v) is 11.6. The maximum Gasteiger partial charge on any atom is 0.310 e. The van der Waals surface area contributed by atoms with Crippen molar-refractivity contribution >= 4 is 23.1 Å². The SMILES string of the molecule is COC(=O)Cc1ccc(C(=O)c2ccc(F)c(F)c2F)s1. The molecule has 1 aromatic heterocycles. The Morgan fingerprint density at radius 3 is 2.48 bits per heavy atom. The molecule has 2 rings (SSSR count). The monoisotopic (exact) mass is 314 g/mol. The zero-order valence-electron chi connectivity index (χ0n) is 10.8. The van der Waals surface area contributed by atoms with Crippen LogP contribution in [-0.2, 0) is 16.0 Å². The maximum absolute atomic E-state index is 13.6. The molecule has 0 radical (unpaired) electrons. The van der Waals surface area contributed by atoms with Crippen molar-refractivity contribution in [2.45, 2.75) is 6.42 Å². The molecule has 0 aliphatic heterocycles. The van der Waals surface area contributed by atoms with Crippen molar-refractivity contribution in [3.8, 4) is 0 Å². The van der Waals surface area contributed by atoms with Crippen molar-refractivity contribution in [2.24, 2.45) is 0 Å². The van der Waals surface area contributed by atoms with E-state index in [2.05, 4.69) is 4.74 Å². The lowest BCUT2D eigenvalue weighted by atomic mass is 10.1. The fraction of sp³-hybridized carbons (Fsp3) is 0.143. The molecule has 1 heterocycles. The first-order chi connectivity index (χ1) is 9.93. The smallest absolute Gasteiger partial charge is 0.310 e. The van der Waals surface area contributed by atoms with Gasteiger partial charge in [-0.1, -0.05) is 0 Å². The number of thiophene rings is 1. The summed E-state index contributed by atoms with van der Waals surface area (Å²) in [6, 6.07) is 4.49. The Labute approximate surface area is 122 Å². The minimum absolute atomic E-state index is 0.0191. The van der Waals surface area contributed by atoms with E-state index in [0.717, 1.165) is 17.4 Å². The Bertz CT molecular complexity index is 709. The van der Waals surface area contributed by atoms with E-state index in [1.807, 2.05) is 0 Å². The number of esters is 1. The first-order valence-corrected chi connectivity index (χ1v) is 6.59. The topological polar surface area (TPSA) is 43.4 Å². The highest BCUT2D eigenvalue weighted by atomic mass is 32.1. The summed E-state index contributed by atoms with van der Waals surface area (Å²) in [6.07, 6.45) is -0.0191. The summed E-state index contributed by atoms with van der Waals surface area (Å²) in [5, 5.41) is 0. The second kappa shape index (κ2) is 6.09. The van der Waals surface area contributed by atoms with Crippen molar-refractivity contribution in [2.75, 3.05) is 7.11 Å². The molecule has 0 N–H and O–H groups in total. The molecule has 0 atom stereocenters. The molecule has 0 saturated carbocycles. The molecule has 21 heavy (non-hydrogen) atoms. The first kappa shape index (κ1) is 15.2. The van der Waals surface area contributed by atoms with Crippen LogP contribution in [0.4, 0.5) is 13.2 Å². The summed E-state index contributed by atoms with van der Waals surface area (Å²) < 4.78 is 44.0. The highest BCUT2D eigenvalue weighted by molar-refractivity contribution is 7.14. The molecule has 0 fully saturated rings. The van der Waals surface area contributed by atoms with Gasteiger partial charge in [0, 0.05) is 4.88 Å². The van der Waals surface area contributed by atoms with E-state index in [4.69, 9.17) is 0 Å². The van der Waals surface area contributed by atoms with Gasteiger partial charge in [-0.05, 0) is 24.3 Å². The molecule has 0 aliphatic carbocycles. The first-order valence-electron chi connectivity index (χ1n) is 5.77. The standard InChI is InChI=1S/C14H9F3O3S/c1-20-11(18)6-7-2-5-10(21-7)14(19)8-3-4-9(15)13(17)12(8)16/h2-5H,6H2,1H3. The van der Waals surface area contributed by atoms with Gasteiger partial charge >= 0.3 is 5.97 Å². The number of ether oxygens (including phenoxy) is 1. The average molecular weight is 314 g/mol. The van der Waals surface area contributed by atoms with Crippen molar-refractivity contribution in [3.05, 3.63) is 57.0 Å². The van der Waals surface area contributed by atoms with Crippen molar-refractivity contribution in [1.82, 2.24) is 0 Å². The third-order valence-corrected chi connectivity index (χ3v) is 3.80. The molecule has 0 amide bonds. The van der Waals surface area contributed by atoms with Crippen LogP contribution < -0.4 is 0 Å². The summed E-state index contributed by atoms with van der Waals surface area (Å²) in [4.78, 5) is 23.9. The number of carbonyl (C=O) groups excluding carboxylic acids is 2. The Hall–Kier alpha value is -2.15. The van der Waals surface area contributed by atoms with Gasteiger partial charge in [0.05, 0.1) is 24.0 Å². The second-order valence-corrected chi connectivity index (χ2v) is 5.24. The Morgan fingerprint density at radius 2 is 1.81 bits per heavy atom. The van der Waals surface area contributed by atoms with Gasteiger partial charge < -0.3 is 4.74 Å². The van der Waals surface area contributed by atoms with Crippen LogP contribution in [0.15, 0.2) is 24.3 Å². The third kappa shape index (κ3) is 3.13. The van der Waals surface area contributed by atoms with Gasteiger partial charge in [-0.3, -0.25) is 9.59 Å². The normalized spacial score (nSPS) is 10.5. The summed E-state index contributed by atoms with van der Waals surface area (Å²) in [7, 11) is 1.23. The van der Waals surface area contributed by atoms with Crippen LogP contribution >= 0.6 is 11.3 Å². The van der Waals surface area contributed by atoms with Crippen LogP contribution in [0.25, 0.3) is 0 Å². The number of hydrogen-bond acceptors (Lipinski definition) is 4. The van der Waals surface area contributed by atoms with E-state index < -0.39 is 34.8 Å². The van der Waals surface area contributed by atoms with Crippen LogP contribution in [0.1, 0.15) is 20.1 Å². The largest absolute Gasteiger partial charge is 0.469 e. The lowest BCUT2D eigenvalue weighted by Gasteiger charge is -2.02. The lowest BCUT2D eigenvalue weighted by Crippen LogP contribution is -2.05. The van der Waals surface area contributed by atoms with E-state index in [1.54, 1.807) is 0 Å². The van der Waals surface area contributed by atoms with Gasteiger partial charge in [0.25, 0.3) is 0 Å². The molecule has 0 aliphatic rings. The Balaban J connectivity index is 2.29. The summed E-state index contributed by atoms with van der Waals surface area (Å²) >= 11 is 0.965. The minimum Gasteiger partial charge on any atom is -0.469 e. The molecule has 0 unspecified atom stereocenters. The minimum atomic E-state index is -1.69. The second-order valence-electron chi connectivity index (χ2n) is 4.07. The summed E-state index contributed by atoms with van der Waals surface area (Å²) in [5.74, 6) is -5.82. The molecule has 1 aromatic carbocycles. The predicted octanol–water partition coefficient (Wildman–Crippen LogP) is 3.11. The number of methoxy groups -OCH3 is 1. The van der Waals surface area contributed by atoms with E-state index in [-0.39, 0.29) is 11.3 Å². The third-order valence-electron chi connectivity index (χ3n) is 2.71. The fourth-order valence-electron chi connectivity index (χ4n) is 1.64. The number of ketones is 1. The molecule has 110 valence electrons. The quantitative estimate of drug-likeness (QED) is 0.495. The fourth-order valence-corrected chi connectivity index (χ4v) is 2.59. The van der Waals surface area contributed by atoms with E-state index in [1.165, 1.54) is 19.2 Å². The molecule has 0 saturated heterocycles. The van der Waals surface area contributed by atoms with Crippen LogP contribution in [-0.4, -0.2) is 18.9 Å². The van der Waals surface area contributed by atoms with Crippen molar-refractivity contribution in [1.29, 1.82) is 0 Å². The number of hydrogen-bond donors (Lipinski definition) is 0. The van der Waals surface area contributed by atoms with Crippen LogP contribution in [0.3, 0.4) is 0 Å². The number of carbonyl (C=O) groups is 2. The van der Waals surface area contributed by atoms with E-state index in [0.29, 0.717) is 10.9 Å². The molecular formula is C14H9F3O3S. The Morgan fingerprint density at radius 1 is 1.10 bits per heavy atom. The predicted molar refractivity (Wildman–Crippen MR) is 69.8 cm³/mol. The van der Waals surface area contributed by atoms with Gasteiger partial charge in [0.1, 0.15) is 0 Å². The molecule has 2 aromatic rings. The average Bonchev–Trinajstić information content (AvgIpc) is 2.92. The molecule has 3 nitrogen and oxygen atoms in total. The highest BCUT2D eigenvalue weighted by Crippen LogP contribution is 2.23. The van der Waals surface area contributed by atoms with Crippen molar-refractivity contribution in [3.63, 3.8) is 0 Å². The van der Waals surface area contributed by atoms with Crippen LogP contribution in [0.5, 0.6) is 0 Å². The van der Waals surface area contributed by atoms with E-state index >= 15 is 0 Å². The zero-order chi connectivity index (χ0) is 15.6. The van der Waals surface area contributed by atoms with Gasteiger partial charge in [0.2, 0.25) is 5.78 Å². The van der Waals surface area contributed by atoms with Crippen LogP contribution in [0.2, 0.25) is 0 Å². The number of halogens is 3. The highest BCUT2D eigenvalue weighted by Gasteiger charge is 2.21. The maximum atomic E-state index is 13.6. The van der Waals surface area contributed by atoms with Gasteiger partial charge in [-0.15, -0.1) is 11.3 Å². The van der Waals surface area contributed by atoms with E-state index in [9.17, 15) is 22.8 Å². The summed E-state index contributed by atoms with van der Waals surface area (Å²) in [6.45, 7) is 0. The Kier molecular flexibility index (Phi) is 4.42. The molecule has 0 spiro atoms. The van der Waals surface area contributed by atoms with Gasteiger partial charge in [-0.2, -0.15) is 0 Å². The van der Waals surface area contributed by atoms with Gasteiger partial charge in [-0.25, -0.2) is 13.2 Å². The van der Waals surface area contributed by atoms with Crippen molar-refractivity contribution < 1.29 is 27.5 Å². The summed E-state index contributed by atoms with van der Waals surface area (Å²) in [5.41, 5.74) is -0.555. The molecule has 7 heteroatoms. The van der Waals surface area contributed by atoms with Gasteiger partial charge in [0.15, 0.2) is 17.5 Å². The molecular weight excluding hydrogens is 305 g/mol. The van der Waals surface area contributed by atoms with Crippen LogP contribution in [0, 0.1) is 17.5 Å². The lowest BCUT2D eigenvalue weighted by molar-refractivity contribution is -0.139.